The van der Waals surface area contributed by atoms with Crippen molar-refractivity contribution in [1.29, 1.82) is 0 Å². The summed E-state index contributed by atoms with van der Waals surface area (Å²) in [6.07, 6.45) is 0.944. The molecular weight excluding hydrogens is 428 g/mol. The molecule has 1 N–H and O–H groups in total. The number of thiazole rings is 1. The fourth-order valence-corrected chi connectivity index (χ4v) is 3.68. The molecule has 0 unspecified atom stereocenters. The van der Waals surface area contributed by atoms with Crippen LogP contribution in [0, 0.1) is 0 Å². The van der Waals surface area contributed by atoms with Crippen molar-refractivity contribution in [1.82, 2.24) is 4.98 Å². The quantitative estimate of drug-likeness (QED) is 0.544. The molecule has 0 spiro atoms. The number of hydrogen-bond acceptors (Lipinski definition) is 5. The van der Waals surface area contributed by atoms with Crippen LogP contribution in [-0.2, 0) is 11.2 Å². The predicted octanol–water partition coefficient (Wildman–Crippen LogP) is 5.16. The second kappa shape index (κ2) is 9.01. The van der Waals surface area contributed by atoms with E-state index in [2.05, 4.69) is 33.2 Å². The number of ether oxygens (including phenoxy) is 2. The minimum Gasteiger partial charge on any atom is -0.497 e. The van der Waals surface area contributed by atoms with Crippen molar-refractivity contribution >= 4 is 38.3 Å². The van der Waals surface area contributed by atoms with Gasteiger partial charge in [0.15, 0.2) is 11.7 Å². The third kappa shape index (κ3) is 5.08. The maximum Gasteiger partial charge on any atom is 0.264 e. The van der Waals surface area contributed by atoms with E-state index in [1.807, 2.05) is 47.8 Å². The van der Waals surface area contributed by atoms with Gasteiger partial charge in [0.1, 0.15) is 11.5 Å². The Kier molecular flexibility index (Phi) is 6.47. The second-order valence-electron chi connectivity index (χ2n) is 5.72. The Morgan fingerprint density at radius 1 is 1.22 bits per heavy atom. The summed E-state index contributed by atoms with van der Waals surface area (Å²) in [5.74, 6) is 1.18. The first kappa shape index (κ1) is 19.4. The number of nitrogens with zero attached hydrogens (tertiary/aromatic N) is 1. The summed E-state index contributed by atoms with van der Waals surface area (Å²) in [5.41, 5.74) is 2.97. The summed E-state index contributed by atoms with van der Waals surface area (Å²) in [6.45, 7) is 2.01. The van der Waals surface area contributed by atoms with E-state index in [9.17, 15) is 4.79 Å². The minimum atomic E-state index is -0.253. The maximum atomic E-state index is 12.1. The molecule has 0 aliphatic rings. The SMILES string of the molecule is CCc1ccc(OCC(=O)Nc2nc(-c3ccc(OC)cc3)cs2)c(Br)c1. The van der Waals surface area contributed by atoms with Crippen LogP contribution in [-0.4, -0.2) is 24.6 Å². The van der Waals surface area contributed by atoms with Crippen LogP contribution in [0.15, 0.2) is 52.3 Å². The number of carbonyl (C=O) groups excluding carboxylic acids is 1. The van der Waals surface area contributed by atoms with Crippen LogP contribution in [0.25, 0.3) is 11.3 Å². The lowest BCUT2D eigenvalue weighted by Gasteiger charge is -2.09. The molecule has 1 amide bonds. The van der Waals surface area contributed by atoms with Crippen LogP contribution in [0.1, 0.15) is 12.5 Å². The lowest BCUT2D eigenvalue weighted by Crippen LogP contribution is -2.20. The van der Waals surface area contributed by atoms with Gasteiger partial charge in [-0.25, -0.2) is 4.98 Å². The van der Waals surface area contributed by atoms with Crippen molar-refractivity contribution in [2.45, 2.75) is 13.3 Å². The van der Waals surface area contributed by atoms with E-state index >= 15 is 0 Å². The Bertz CT molecular complexity index is 925. The Hall–Kier alpha value is -2.38. The highest BCUT2D eigenvalue weighted by Gasteiger charge is 2.10. The average Bonchev–Trinajstić information content (AvgIpc) is 3.15. The number of nitrogens with one attached hydrogen (secondary N) is 1. The molecule has 0 bridgehead atoms. The van der Waals surface area contributed by atoms with Crippen molar-refractivity contribution in [3.05, 3.63) is 57.9 Å². The zero-order chi connectivity index (χ0) is 19.2. The third-order valence-electron chi connectivity index (χ3n) is 3.90. The number of hydrogen-bond donors (Lipinski definition) is 1. The number of carbonyl (C=O) groups is 1. The smallest absolute Gasteiger partial charge is 0.264 e. The molecule has 1 heterocycles. The van der Waals surface area contributed by atoms with Crippen LogP contribution in [0.2, 0.25) is 0 Å². The molecule has 2 aromatic carbocycles. The average molecular weight is 447 g/mol. The van der Waals surface area contributed by atoms with Crippen LogP contribution >= 0.6 is 27.3 Å². The van der Waals surface area contributed by atoms with Crippen molar-refractivity contribution < 1.29 is 14.3 Å². The number of anilines is 1. The first-order valence-electron chi connectivity index (χ1n) is 8.40. The van der Waals surface area contributed by atoms with Gasteiger partial charge < -0.3 is 9.47 Å². The maximum absolute atomic E-state index is 12.1. The summed E-state index contributed by atoms with van der Waals surface area (Å²) in [4.78, 5) is 16.6. The zero-order valence-electron chi connectivity index (χ0n) is 15.0. The summed E-state index contributed by atoms with van der Waals surface area (Å²) >= 11 is 4.84. The summed E-state index contributed by atoms with van der Waals surface area (Å²) < 4.78 is 11.6. The van der Waals surface area contributed by atoms with Gasteiger partial charge in [-0.2, -0.15) is 0 Å². The first-order valence-corrected chi connectivity index (χ1v) is 10.1. The molecule has 7 heteroatoms. The lowest BCUT2D eigenvalue weighted by atomic mass is 10.2. The van der Waals surface area contributed by atoms with Gasteiger partial charge in [-0.3, -0.25) is 10.1 Å². The number of benzene rings is 2. The summed E-state index contributed by atoms with van der Waals surface area (Å²) in [7, 11) is 1.63. The lowest BCUT2D eigenvalue weighted by molar-refractivity contribution is -0.118. The molecule has 3 rings (SSSR count). The fourth-order valence-electron chi connectivity index (χ4n) is 2.41. The number of aryl methyl sites for hydroxylation is 1. The van der Waals surface area contributed by atoms with Crippen molar-refractivity contribution in [2.75, 3.05) is 19.0 Å². The van der Waals surface area contributed by atoms with Gasteiger partial charge in [0.05, 0.1) is 17.3 Å². The Morgan fingerprint density at radius 3 is 2.67 bits per heavy atom. The van der Waals surface area contributed by atoms with E-state index in [1.165, 1.54) is 16.9 Å². The standard InChI is InChI=1S/C20H19BrN2O3S/c1-3-13-4-9-18(16(21)10-13)26-11-19(24)23-20-22-17(12-27-20)14-5-7-15(25-2)8-6-14/h4-10,12H,3,11H2,1-2H3,(H,22,23,24). The molecule has 0 saturated heterocycles. The summed E-state index contributed by atoms with van der Waals surface area (Å²) in [5, 5.41) is 5.21. The van der Waals surface area contributed by atoms with E-state index in [0.29, 0.717) is 10.9 Å². The predicted molar refractivity (Wildman–Crippen MR) is 112 cm³/mol. The highest BCUT2D eigenvalue weighted by molar-refractivity contribution is 9.10. The molecule has 0 radical (unpaired) electrons. The third-order valence-corrected chi connectivity index (χ3v) is 5.28. The summed E-state index contributed by atoms with van der Waals surface area (Å²) in [6, 6.07) is 13.5. The van der Waals surface area contributed by atoms with E-state index in [0.717, 1.165) is 27.9 Å². The Morgan fingerprint density at radius 2 is 2.00 bits per heavy atom. The van der Waals surface area contributed by atoms with Crippen molar-refractivity contribution in [3.8, 4) is 22.8 Å². The normalized spacial score (nSPS) is 10.5. The van der Waals surface area contributed by atoms with Gasteiger partial charge in [-0.1, -0.05) is 13.0 Å². The Labute approximate surface area is 170 Å². The van der Waals surface area contributed by atoms with E-state index in [-0.39, 0.29) is 12.5 Å². The van der Waals surface area contributed by atoms with Gasteiger partial charge in [0.25, 0.3) is 5.91 Å². The number of halogens is 1. The molecule has 1 aromatic heterocycles. The van der Waals surface area contributed by atoms with Gasteiger partial charge in [-0.15, -0.1) is 11.3 Å². The van der Waals surface area contributed by atoms with Gasteiger partial charge in [-0.05, 0) is 64.3 Å². The number of aromatic nitrogens is 1. The molecular formula is C20H19BrN2O3S. The van der Waals surface area contributed by atoms with Gasteiger partial charge in [0.2, 0.25) is 0 Å². The largest absolute Gasteiger partial charge is 0.497 e. The molecule has 0 atom stereocenters. The minimum absolute atomic E-state index is 0.0818. The monoisotopic (exact) mass is 446 g/mol. The number of rotatable bonds is 7. The Balaban J connectivity index is 1.57. The molecule has 140 valence electrons. The molecule has 0 aliphatic heterocycles. The topological polar surface area (TPSA) is 60.5 Å². The van der Waals surface area contributed by atoms with Crippen molar-refractivity contribution in [2.24, 2.45) is 0 Å². The van der Waals surface area contributed by atoms with Crippen LogP contribution in [0.3, 0.4) is 0 Å². The number of amides is 1. The van der Waals surface area contributed by atoms with E-state index in [1.54, 1.807) is 7.11 Å². The van der Waals surface area contributed by atoms with E-state index < -0.39 is 0 Å². The molecule has 0 fully saturated rings. The van der Waals surface area contributed by atoms with Crippen LogP contribution < -0.4 is 14.8 Å². The van der Waals surface area contributed by atoms with Crippen molar-refractivity contribution in [3.63, 3.8) is 0 Å². The van der Waals surface area contributed by atoms with Gasteiger partial charge >= 0.3 is 0 Å². The van der Waals surface area contributed by atoms with Crippen LogP contribution in [0.4, 0.5) is 5.13 Å². The molecule has 27 heavy (non-hydrogen) atoms. The molecule has 5 nitrogen and oxygen atoms in total. The fraction of sp³-hybridized carbons (Fsp3) is 0.200. The van der Waals surface area contributed by atoms with Crippen LogP contribution in [0.5, 0.6) is 11.5 Å². The first-order chi connectivity index (χ1) is 13.1. The van der Waals surface area contributed by atoms with E-state index in [4.69, 9.17) is 9.47 Å². The number of methoxy groups -OCH3 is 1. The second-order valence-corrected chi connectivity index (χ2v) is 7.43. The van der Waals surface area contributed by atoms with Gasteiger partial charge in [0, 0.05) is 10.9 Å². The highest BCUT2D eigenvalue weighted by atomic mass is 79.9. The molecule has 3 aromatic rings. The molecule has 0 saturated carbocycles. The zero-order valence-corrected chi connectivity index (χ0v) is 17.4. The molecule has 0 aliphatic carbocycles. The highest BCUT2D eigenvalue weighted by Crippen LogP contribution is 2.27.